The molecule has 0 spiro atoms. The second-order valence-corrected chi connectivity index (χ2v) is 9.79. The first kappa shape index (κ1) is 21.5. The van der Waals surface area contributed by atoms with Gasteiger partial charge in [0.1, 0.15) is 16.6 Å². The van der Waals surface area contributed by atoms with E-state index in [0.717, 1.165) is 5.56 Å². The molecule has 10 heteroatoms. The Hall–Kier alpha value is -2.72. The van der Waals surface area contributed by atoms with Crippen LogP contribution in [0.25, 0.3) is 0 Å². The molecule has 2 aromatic rings. The number of benzene rings is 1. The number of esters is 1. The Balaban J connectivity index is 1.52. The molecule has 1 atom stereocenters. The predicted molar refractivity (Wildman–Crippen MR) is 111 cm³/mol. The molecular formula is C21H25N3O6S. The van der Waals surface area contributed by atoms with E-state index in [1.54, 1.807) is 13.8 Å². The van der Waals surface area contributed by atoms with Gasteiger partial charge in [0.25, 0.3) is 0 Å². The van der Waals surface area contributed by atoms with Gasteiger partial charge in [-0.1, -0.05) is 23.4 Å². The number of aryl methyl sites for hydroxylation is 2. The third kappa shape index (κ3) is 3.63. The maximum absolute atomic E-state index is 13.4. The zero-order chi connectivity index (χ0) is 22.3. The first-order chi connectivity index (χ1) is 14.8. The highest BCUT2D eigenvalue weighted by atomic mass is 32.2. The fourth-order valence-corrected chi connectivity index (χ4v) is 6.26. The molecule has 166 valence electrons. The number of aromatic nitrogens is 1. The number of hydrogen-bond acceptors (Lipinski definition) is 7. The summed E-state index contributed by atoms with van der Waals surface area (Å²) in [6, 6.07) is 6.74. The van der Waals surface area contributed by atoms with Crippen molar-refractivity contribution in [2.45, 2.75) is 44.0 Å². The van der Waals surface area contributed by atoms with E-state index >= 15 is 0 Å². The summed E-state index contributed by atoms with van der Waals surface area (Å²) in [5, 5.41) is 3.74. The average Bonchev–Trinajstić information content (AvgIpc) is 3.32. The average molecular weight is 448 g/mol. The molecule has 0 radical (unpaired) electrons. The van der Waals surface area contributed by atoms with Crippen LogP contribution in [0.15, 0.2) is 33.7 Å². The summed E-state index contributed by atoms with van der Waals surface area (Å²) < 4.78 is 37.4. The van der Waals surface area contributed by atoms with E-state index in [0.29, 0.717) is 30.6 Å². The van der Waals surface area contributed by atoms with Gasteiger partial charge >= 0.3 is 5.97 Å². The summed E-state index contributed by atoms with van der Waals surface area (Å²) in [6.45, 7) is 3.58. The SMILES string of the molecule is COC(=O)C1Cc2ccccc2N1C(=O)C1CCN(S(=O)(=O)c2c(C)noc2C)CC1. The lowest BCUT2D eigenvalue weighted by Crippen LogP contribution is -2.49. The van der Waals surface area contributed by atoms with Gasteiger partial charge in [-0.2, -0.15) is 4.31 Å². The molecule has 1 aromatic carbocycles. The first-order valence-electron chi connectivity index (χ1n) is 10.2. The molecule has 2 aliphatic heterocycles. The highest BCUT2D eigenvalue weighted by molar-refractivity contribution is 7.89. The van der Waals surface area contributed by atoms with Crippen molar-refractivity contribution in [3.05, 3.63) is 41.3 Å². The van der Waals surface area contributed by atoms with Crippen LogP contribution < -0.4 is 4.90 Å². The lowest BCUT2D eigenvalue weighted by molar-refractivity contribution is -0.143. The van der Waals surface area contributed by atoms with Gasteiger partial charge in [0.15, 0.2) is 5.76 Å². The molecule has 4 rings (SSSR count). The number of carbonyl (C=O) groups is 2. The topological polar surface area (TPSA) is 110 Å². The van der Waals surface area contributed by atoms with E-state index in [2.05, 4.69) is 5.16 Å². The number of methoxy groups -OCH3 is 1. The van der Waals surface area contributed by atoms with Gasteiger partial charge in [-0.15, -0.1) is 0 Å². The number of anilines is 1. The van der Waals surface area contributed by atoms with Crippen LogP contribution in [-0.4, -0.2) is 56.0 Å². The number of nitrogens with zero attached hydrogens (tertiary/aromatic N) is 3. The Morgan fingerprint density at radius 3 is 2.45 bits per heavy atom. The number of piperidine rings is 1. The molecule has 0 saturated carbocycles. The molecule has 3 heterocycles. The quantitative estimate of drug-likeness (QED) is 0.658. The van der Waals surface area contributed by atoms with Gasteiger partial charge in [-0.3, -0.25) is 9.69 Å². The smallest absolute Gasteiger partial charge is 0.329 e. The number of para-hydroxylation sites is 1. The molecule has 0 bridgehead atoms. The summed E-state index contributed by atoms with van der Waals surface area (Å²) >= 11 is 0. The highest BCUT2D eigenvalue weighted by Crippen LogP contribution is 2.36. The van der Waals surface area contributed by atoms with Crippen LogP contribution in [0.5, 0.6) is 0 Å². The number of amides is 1. The number of ether oxygens (including phenoxy) is 1. The zero-order valence-electron chi connectivity index (χ0n) is 17.7. The molecule has 1 aromatic heterocycles. The van der Waals surface area contributed by atoms with Gasteiger partial charge in [0.05, 0.1) is 7.11 Å². The van der Waals surface area contributed by atoms with E-state index in [-0.39, 0.29) is 35.6 Å². The summed E-state index contributed by atoms with van der Waals surface area (Å²) in [5.74, 6) is -0.752. The fraction of sp³-hybridized carbons (Fsp3) is 0.476. The molecule has 31 heavy (non-hydrogen) atoms. The Bertz CT molecular complexity index is 1100. The molecule has 0 N–H and O–H groups in total. The second kappa shape index (κ2) is 8.08. The highest BCUT2D eigenvalue weighted by Gasteiger charge is 2.43. The van der Waals surface area contributed by atoms with E-state index in [4.69, 9.17) is 9.26 Å². The number of carbonyl (C=O) groups excluding carboxylic acids is 2. The maximum atomic E-state index is 13.4. The van der Waals surface area contributed by atoms with Gasteiger partial charge in [0.2, 0.25) is 15.9 Å². The minimum absolute atomic E-state index is 0.0940. The van der Waals surface area contributed by atoms with Crippen molar-refractivity contribution < 1.29 is 27.3 Å². The van der Waals surface area contributed by atoms with Crippen molar-refractivity contribution in [2.75, 3.05) is 25.1 Å². The number of sulfonamides is 1. The summed E-state index contributed by atoms with van der Waals surface area (Å²) in [5.41, 5.74) is 1.96. The molecule has 2 aliphatic rings. The van der Waals surface area contributed by atoms with Crippen LogP contribution in [0, 0.1) is 19.8 Å². The van der Waals surface area contributed by atoms with Crippen LogP contribution in [0.1, 0.15) is 29.9 Å². The largest absolute Gasteiger partial charge is 0.467 e. The number of fused-ring (bicyclic) bond motifs is 1. The van der Waals surface area contributed by atoms with Crippen LogP contribution >= 0.6 is 0 Å². The Morgan fingerprint density at radius 2 is 1.84 bits per heavy atom. The molecular weight excluding hydrogens is 422 g/mol. The van der Waals surface area contributed by atoms with E-state index in [1.807, 2.05) is 24.3 Å². The van der Waals surface area contributed by atoms with Gasteiger partial charge < -0.3 is 9.26 Å². The zero-order valence-corrected chi connectivity index (χ0v) is 18.5. The third-order valence-electron chi connectivity index (χ3n) is 6.06. The van der Waals surface area contributed by atoms with Crippen molar-refractivity contribution in [1.82, 2.24) is 9.46 Å². The molecule has 1 fully saturated rings. The van der Waals surface area contributed by atoms with Gasteiger partial charge in [-0.05, 0) is 38.3 Å². The van der Waals surface area contributed by atoms with Crippen molar-refractivity contribution in [3.63, 3.8) is 0 Å². The Labute approximate surface area is 181 Å². The molecule has 9 nitrogen and oxygen atoms in total. The maximum Gasteiger partial charge on any atom is 0.329 e. The van der Waals surface area contributed by atoms with Crippen molar-refractivity contribution in [1.29, 1.82) is 0 Å². The van der Waals surface area contributed by atoms with Crippen molar-refractivity contribution >= 4 is 27.6 Å². The van der Waals surface area contributed by atoms with E-state index in [9.17, 15) is 18.0 Å². The first-order valence-corrected chi connectivity index (χ1v) is 11.6. The number of hydrogen-bond donors (Lipinski definition) is 0. The van der Waals surface area contributed by atoms with Gasteiger partial charge in [-0.25, -0.2) is 13.2 Å². The standard InChI is InChI=1S/C21H25N3O6S/c1-13-19(14(2)30-22-13)31(27,28)23-10-8-15(9-11-23)20(25)24-17-7-5-4-6-16(17)12-18(24)21(26)29-3/h4-7,15,18H,8-12H2,1-3H3. The molecule has 1 saturated heterocycles. The summed E-state index contributed by atoms with van der Waals surface area (Å²) in [7, 11) is -2.44. The predicted octanol–water partition coefficient (Wildman–Crippen LogP) is 1.82. The van der Waals surface area contributed by atoms with Crippen LogP contribution in [0.3, 0.4) is 0 Å². The second-order valence-electron chi connectivity index (χ2n) is 7.91. The monoisotopic (exact) mass is 447 g/mol. The van der Waals surface area contributed by atoms with Crippen LogP contribution in [0.2, 0.25) is 0 Å². The lowest BCUT2D eigenvalue weighted by atomic mass is 9.96. The van der Waals surface area contributed by atoms with E-state index < -0.39 is 22.0 Å². The minimum atomic E-state index is -3.75. The fourth-order valence-electron chi connectivity index (χ4n) is 4.49. The Morgan fingerprint density at radius 1 is 1.16 bits per heavy atom. The van der Waals surface area contributed by atoms with Crippen LogP contribution in [-0.2, 0) is 30.8 Å². The summed E-state index contributed by atoms with van der Waals surface area (Å²) in [6.07, 6.45) is 1.15. The van der Waals surface area contributed by atoms with Gasteiger partial charge in [0, 0.05) is 31.1 Å². The molecule has 1 unspecified atom stereocenters. The molecule has 1 amide bonds. The third-order valence-corrected chi connectivity index (χ3v) is 8.20. The Kier molecular flexibility index (Phi) is 5.61. The van der Waals surface area contributed by atoms with Crippen LogP contribution in [0.4, 0.5) is 5.69 Å². The number of rotatable bonds is 4. The minimum Gasteiger partial charge on any atom is -0.467 e. The lowest BCUT2D eigenvalue weighted by Gasteiger charge is -2.34. The summed E-state index contributed by atoms with van der Waals surface area (Å²) in [4.78, 5) is 27.4. The van der Waals surface area contributed by atoms with E-state index in [1.165, 1.54) is 16.3 Å². The normalized spacial score (nSPS) is 20.0. The van der Waals surface area contributed by atoms with Crippen molar-refractivity contribution in [2.24, 2.45) is 5.92 Å². The molecule has 0 aliphatic carbocycles. The van der Waals surface area contributed by atoms with Crippen molar-refractivity contribution in [3.8, 4) is 0 Å².